The van der Waals surface area contributed by atoms with Crippen LogP contribution in [0.2, 0.25) is 0 Å². The van der Waals surface area contributed by atoms with Gasteiger partial charge in [-0.25, -0.2) is 0 Å². The van der Waals surface area contributed by atoms with Gasteiger partial charge in [0.2, 0.25) is 5.91 Å². The van der Waals surface area contributed by atoms with Crippen molar-refractivity contribution in [3.8, 4) is 0 Å². The quantitative estimate of drug-likeness (QED) is 0.644. The molecule has 106 valence electrons. The van der Waals surface area contributed by atoms with Gasteiger partial charge in [0, 0.05) is 20.3 Å². The van der Waals surface area contributed by atoms with Gasteiger partial charge in [0.05, 0.1) is 11.6 Å². The van der Waals surface area contributed by atoms with Crippen LogP contribution in [0.3, 0.4) is 0 Å². The largest absolute Gasteiger partial charge is 0.388 e. The predicted molar refractivity (Wildman–Crippen MR) is 70.1 cm³/mol. The predicted octanol–water partition coefficient (Wildman–Crippen LogP) is 0.408. The molecular weight excluding hydrogens is 232 g/mol. The van der Waals surface area contributed by atoms with Crippen LogP contribution in [0.5, 0.6) is 0 Å². The molecular formula is C13H26N2O3. The molecule has 0 spiro atoms. The summed E-state index contributed by atoms with van der Waals surface area (Å²) < 4.78 is 4.88. The number of hydrogen-bond donors (Lipinski definition) is 3. The van der Waals surface area contributed by atoms with E-state index in [4.69, 9.17) is 10.5 Å². The minimum atomic E-state index is -0.747. The lowest BCUT2D eigenvalue weighted by atomic mass is 9.79. The maximum absolute atomic E-state index is 11.7. The molecule has 0 aliphatic heterocycles. The Bertz CT molecular complexity index is 263. The van der Waals surface area contributed by atoms with E-state index in [9.17, 15) is 9.90 Å². The Morgan fingerprint density at radius 3 is 2.72 bits per heavy atom. The van der Waals surface area contributed by atoms with Crippen molar-refractivity contribution in [2.45, 2.75) is 50.7 Å². The first-order valence-corrected chi connectivity index (χ1v) is 6.71. The summed E-state index contributed by atoms with van der Waals surface area (Å²) in [5.41, 5.74) is 4.96. The second-order valence-corrected chi connectivity index (χ2v) is 5.51. The number of rotatable bonds is 6. The summed E-state index contributed by atoms with van der Waals surface area (Å²) >= 11 is 0. The topological polar surface area (TPSA) is 84.6 Å². The molecule has 4 N–H and O–H groups in total. The Morgan fingerprint density at radius 2 is 2.17 bits per heavy atom. The maximum atomic E-state index is 11.7. The molecule has 1 unspecified atom stereocenters. The zero-order valence-corrected chi connectivity index (χ0v) is 11.4. The van der Waals surface area contributed by atoms with Crippen molar-refractivity contribution in [3.05, 3.63) is 0 Å². The Kier molecular flexibility index (Phi) is 6.05. The highest BCUT2D eigenvalue weighted by atomic mass is 16.5. The molecule has 5 heteroatoms. The Morgan fingerprint density at radius 1 is 1.56 bits per heavy atom. The Balaban J connectivity index is 2.29. The van der Waals surface area contributed by atoms with Gasteiger partial charge in [-0.3, -0.25) is 4.79 Å². The first-order chi connectivity index (χ1) is 8.47. The van der Waals surface area contributed by atoms with E-state index in [0.717, 1.165) is 25.7 Å². The van der Waals surface area contributed by atoms with Crippen LogP contribution in [0.25, 0.3) is 0 Å². The summed E-state index contributed by atoms with van der Waals surface area (Å²) in [4.78, 5) is 11.7. The van der Waals surface area contributed by atoms with Crippen molar-refractivity contribution >= 4 is 5.91 Å². The molecule has 1 amide bonds. The molecule has 0 bridgehead atoms. The van der Waals surface area contributed by atoms with Crippen molar-refractivity contribution < 1.29 is 14.6 Å². The lowest BCUT2D eigenvalue weighted by molar-refractivity contribution is -0.124. The van der Waals surface area contributed by atoms with Crippen LogP contribution in [0.4, 0.5) is 0 Å². The first-order valence-electron chi connectivity index (χ1n) is 6.71. The van der Waals surface area contributed by atoms with Gasteiger partial charge in [0.1, 0.15) is 0 Å². The minimum Gasteiger partial charge on any atom is -0.388 e. The van der Waals surface area contributed by atoms with Gasteiger partial charge >= 0.3 is 0 Å². The van der Waals surface area contributed by atoms with Crippen molar-refractivity contribution in [1.82, 2.24) is 5.32 Å². The zero-order valence-electron chi connectivity index (χ0n) is 11.4. The van der Waals surface area contributed by atoms with E-state index in [1.807, 2.05) is 0 Å². The zero-order chi connectivity index (χ0) is 13.6. The van der Waals surface area contributed by atoms with Crippen LogP contribution in [-0.2, 0) is 9.53 Å². The fourth-order valence-electron chi connectivity index (χ4n) is 2.23. The number of amides is 1. The molecule has 0 aromatic heterocycles. The SMILES string of the molecule is COCCC(N)C(=O)NCC1(O)CCC(C)CC1. The van der Waals surface area contributed by atoms with Crippen LogP contribution >= 0.6 is 0 Å². The summed E-state index contributed by atoms with van der Waals surface area (Å²) in [5, 5.41) is 13.1. The summed E-state index contributed by atoms with van der Waals surface area (Å²) in [7, 11) is 1.58. The van der Waals surface area contributed by atoms with E-state index >= 15 is 0 Å². The number of nitrogens with two attached hydrogens (primary N) is 1. The molecule has 1 atom stereocenters. The van der Waals surface area contributed by atoms with Gasteiger partial charge in [0.15, 0.2) is 0 Å². The van der Waals surface area contributed by atoms with Crippen LogP contribution in [0.1, 0.15) is 39.0 Å². The van der Waals surface area contributed by atoms with E-state index in [-0.39, 0.29) is 5.91 Å². The highest BCUT2D eigenvalue weighted by molar-refractivity contribution is 5.81. The van der Waals surface area contributed by atoms with Crippen molar-refractivity contribution in [3.63, 3.8) is 0 Å². The third-order valence-corrected chi connectivity index (χ3v) is 3.77. The highest BCUT2D eigenvalue weighted by Crippen LogP contribution is 2.31. The molecule has 1 fully saturated rings. The van der Waals surface area contributed by atoms with Crippen LogP contribution in [0, 0.1) is 5.92 Å². The van der Waals surface area contributed by atoms with Crippen molar-refractivity contribution in [2.75, 3.05) is 20.3 Å². The second-order valence-electron chi connectivity index (χ2n) is 5.51. The van der Waals surface area contributed by atoms with E-state index < -0.39 is 11.6 Å². The normalized spacial score (nSPS) is 29.9. The highest BCUT2D eigenvalue weighted by Gasteiger charge is 2.32. The Hall–Kier alpha value is -0.650. The molecule has 0 saturated heterocycles. The third kappa shape index (κ3) is 4.92. The molecule has 0 aromatic carbocycles. The van der Waals surface area contributed by atoms with Gasteiger partial charge in [-0.15, -0.1) is 0 Å². The second kappa shape index (κ2) is 7.07. The Labute approximate surface area is 109 Å². The molecule has 1 aliphatic rings. The van der Waals surface area contributed by atoms with Gasteiger partial charge in [-0.05, 0) is 38.0 Å². The smallest absolute Gasteiger partial charge is 0.237 e. The van der Waals surface area contributed by atoms with E-state index in [1.165, 1.54) is 0 Å². The summed E-state index contributed by atoms with van der Waals surface area (Å²) in [6.07, 6.45) is 4.03. The summed E-state index contributed by atoms with van der Waals surface area (Å²) in [6, 6.07) is -0.559. The average Bonchev–Trinajstić information content (AvgIpc) is 2.37. The van der Waals surface area contributed by atoms with E-state index in [0.29, 0.717) is 25.5 Å². The molecule has 1 rings (SSSR count). The lowest BCUT2D eigenvalue weighted by Gasteiger charge is -2.35. The number of ether oxygens (including phenoxy) is 1. The van der Waals surface area contributed by atoms with Crippen LogP contribution in [-0.4, -0.2) is 42.9 Å². The van der Waals surface area contributed by atoms with Gasteiger partial charge in [-0.2, -0.15) is 0 Å². The summed E-state index contributed by atoms with van der Waals surface area (Å²) in [5.74, 6) is 0.462. The molecule has 18 heavy (non-hydrogen) atoms. The number of carbonyl (C=O) groups is 1. The van der Waals surface area contributed by atoms with Crippen LogP contribution < -0.4 is 11.1 Å². The van der Waals surface area contributed by atoms with E-state index in [1.54, 1.807) is 7.11 Å². The molecule has 1 saturated carbocycles. The minimum absolute atomic E-state index is 0.209. The van der Waals surface area contributed by atoms with Gasteiger partial charge in [-0.1, -0.05) is 6.92 Å². The molecule has 5 nitrogen and oxygen atoms in total. The number of carbonyl (C=O) groups excluding carboxylic acids is 1. The van der Waals surface area contributed by atoms with Crippen molar-refractivity contribution in [2.24, 2.45) is 11.7 Å². The molecule has 0 aromatic rings. The number of hydrogen-bond acceptors (Lipinski definition) is 4. The van der Waals surface area contributed by atoms with Gasteiger partial charge < -0.3 is 20.9 Å². The fraction of sp³-hybridized carbons (Fsp3) is 0.923. The standard InChI is InChI=1S/C13H26N2O3/c1-10-3-6-13(17,7-4-10)9-15-12(16)11(14)5-8-18-2/h10-11,17H,3-9,14H2,1-2H3,(H,15,16). The monoisotopic (exact) mass is 258 g/mol. The van der Waals surface area contributed by atoms with Gasteiger partial charge in [0.25, 0.3) is 0 Å². The van der Waals surface area contributed by atoms with Crippen molar-refractivity contribution in [1.29, 1.82) is 0 Å². The molecule has 0 heterocycles. The number of methoxy groups -OCH3 is 1. The lowest BCUT2D eigenvalue weighted by Crippen LogP contribution is -2.49. The average molecular weight is 258 g/mol. The number of aliphatic hydroxyl groups is 1. The molecule has 0 radical (unpaired) electrons. The summed E-state index contributed by atoms with van der Waals surface area (Å²) in [6.45, 7) is 2.97. The van der Waals surface area contributed by atoms with E-state index in [2.05, 4.69) is 12.2 Å². The third-order valence-electron chi connectivity index (χ3n) is 3.77. The van der Waals surface area contributed by atoms with Crippen LogP contribution in [0.15, 0.2) is 0 Å². The number of nitrogens with one attached hydrogen (secondary N) is 1. The first kappa shape index (κ1) is 15.4. The molecule has 1 aliphatic carbocycles. The fourth-order valence-corrected chi connectivity index (χ4v) is 2.23. The maximum Gasteiger partial charge on any atom is 0.237 e.